The van der Waals surface area contributed by atoms with Crippen LogP contribution in [0.15, 0.2) is 30.3 Å². The van der Waals surface area contributed by atoms with Gasteiger partial charge in [0.25, 0.3) is 0 Å². The van der Waals surface area contributed by atoms with Gasteiger partial charge in [-0.3, -0.25) is 4.79 Å². The van der Waals surface area contributed by atoms with Crippen molar-refractivity contribution in [3.8, 4) is 0 Å². The van der Waals surface area contributed by atoms with Crippen molar-refractivity contribution in [3.63, 3.8) is 0 Å². The molecule has 0 radical (unpaired) electrons. The van der Waals surface area contributed by atoms with Crippen molar-refractivity contribution in [2.24, 2.45) is 5.92 Å². The monoisotopic (exact) mass is 275 g/mol. The molecule has 0 saturated carbocycles. The van der Waals surface area contributed by atoms with Crippen LogP contribution in [0.1, 0.15) is 32.3 Å². The molecule has 1 saturated heterocycles. The van der Waals surface area contributed by atoms with E-state index in [1.54, 1.807) is 4.90 Å². The van der Waals surface area contributed by atoms with Crippen LogP contribution in [-0.4, -0.2) is 29.4 Å². The average molecular weight is 275 g/mol. The topological polar surface area (TPSA) is 46.6 Å². The van der Waals surface area contributed by atoms with E-state index in [9.17, 15) is 9.59 Å². The average Bonchev–Trinajstić information content (AvgIpc) is 2.45. The van der Waals surface area contributed by atoms with E-state index in [-0.39, 0.29) is 30.4 Å². The van der Waals surface area contributed by atoms with Crippen molar-refractivity contribution in [1.82, 2.24) is 4.90 Å². The third-order valence-electron chi connectivity index (χ3n) is 3.68. The van der Waals surface area contributed by atoms with Gasteiger partial charge in [0, 0.05) is 25.4 Å². The van der Waals surface area contributed by atoms with E-state index < -0.39 is 0 Å². The lowest BCUT2D eigenvalue weighted by molar-refractivity contribution is -0.123. The number of carbonyl (C=O) groups is 2. The maximum atomic E-state index is 12.2. The number of likely N-dealkylation sites (tertiary alicyclic amines) is 1. The normalized spacial score (nSPS) is 19.2. The number of ketones is 1. The molecule has 1 amide bonds. The van der Waals surface area contributed by atoms with Crippen LogP contribution in [0.3, 0.4) is 0 Å². The van der Waals surface area contributed by atoms with Gasteiger partial charge in [0.1, 0.15) is 12.4 Å². The van der Waals surface area contributed by atoms with E-state index in [0.29, 0.717) is 19.4 Å². The van der Waals surface area contributed by atoms with E-state index >= 15 is 0 Å². The highest BCUT2D eigenvalue weighted by molar-refractivity contribution is 5.82. The number of Topliss-reactive ketones (excluding diaryl/α,β-unsaturated/α-hetero) is 1. The smallest absolute Gasteiger partial charge is 0.410 e. The van der Waals surface area contributed by atoms with Crippen molar-refractivity contribution >= 4 is 11.9 Å². The van der Waals surface area contributed by atoms with Gasteiger partial charge in [0.2, 0.25) is 0 Å². The summed E-state index contributed by atoms with van der Waals surface area (Å²) in [5.74, 6) is 0.485. The number of hydrogen-bond acceptors (Lipinski definition) is 3. The number of piperidine rings is 1. The summed E-state index contributed by atoms with van der Waals surface area (Å²) in [7, 11) is 0. The Morgan fingerprint density at radius 3 is 2.70 bits per heavy atom. The number of rotatable bonds is 3. The van der Waals surface area contributed by atoms with Crippen molar-refractivity contribution in [1.29, 1.82) is 0 Å². The molecule has 0 N–H and O–H groups in total. The molecule has 0 spiro atoms. The highest BCUT2D eigenvalue weighted by atomic mass is 16.6. The second-order valence-electron chi connectivity index (χ2n) is 5.54. The van der Waals surface area contributed by atoms with E-state index in [1.807, 2.05) is 44.2 Å². The predicted molar refractivity (Wildman–Crippen MR) is 76.2 cm³/mol. The third-order valence-corrected chi connectivity index (χ3v) is 3.68. The van der Waals surface area contributed by atoms with E-state index in [4.69, 9.17) is 4.74 Å². The number of benzene rings is 1. The maximum absolute atomic E-state index is 12.2. The zero-order chi connectivity index (χ0) is 14.5. The van der Waals surface area contributed by atoms with Gasteiger partial charge in [-0.25, -0.2) is 4.79 Å². The number of amides is 1. The third kappa shape index (κ3) is 3.59. The fourth-order valence-electron chi connectivity index (χ4n) is 2.48. The van der Waals surface area contributed by atoms with Crippen molar-refractivity contribution in [2.45, 2.75) is 39.3 Å². The summed E-state index contributed by atoms with van der Waals surface area (Å²) in [4.78, 5) is 25.4. The summed E-state index contributed by atoms with van der Waals surface area (Å²) in [6, 6.07) is 9.56. The molecule has 1 atom stereocenters. The number of ether oxygens (including phenoxy) is 1. The van der Waals surface area contributed by atoms with Crippen LogP contribution >= 0.6 is 0 Å². The fourth-order valence-corrected chi connectivity index (χ4v) is 2.48. The molecule has 108 valence electrons. The minimum absolute atomic E-state index is 0.0421. The van der Waals surface area contributed by atoms with Gasteiger partial charge >= 0.3 is 6.09 Å². The van der Waals surface area contributed by atoms with Crippen LogP contribution < -0.4 is 0 Å². The van der Waals surface area contributed by atoms with Gasteiger partial charge in [-0.15, -0.1) is 0 Å². The first-order valence-corrected chi connectivity index (χ1v) is 7.07. The molecular weight excluding hydrogens is 254 g/mol. The summed E-state index contributed by atoms with van der Waals surface area (Å²) >= 11 is 0. The minimum atomic E-state index is -0.319. The van der Waals surface area contributed by atoms with Crippen molar-refractivity contribution in [3.05, 3.63) is 35.9 Å². The van der Waals surface area contributed by atoms with Gasteiger partial charge in [-0.05, 0) is 11.5 Å². The second-order valence-corrected chi connectivity index (χ2v) is 5.54. The Hall–Kier alpha value is -1.84. The number of hydrogen-bond donors (Lipinski definition) is 0. The molecule has 1 aromatic rings. The lowest BCUT2D eigenvalue weighted by atomic mass is 9.92. The predicted octanol–water partition coefficient (Wildman–Crippen LogP) is 3.01. The van der Waals surface area contributed by atoms with Crippen LogP contribution in [0.25, 0.3) is 0 Å². The summed E-state index contributed by atoms with van der Waals surface area (Å²) in [6.45, 7) is 4.80. The Balaban J connectivity index is 1.95. The molecule has 1 fully saturated rings. The molecule has 1 unspecified atom stereocenters. The fraction of sp³-hybridized carbons (Fsp3) is 0.500. The van der Waals surface area contributed by atoms with Gasteiger partial charge in [-0.2, -0.15) is 0 Å². The first kappa shape index (κ1) is 14.6. The highest BCUT2D eigenvalue weighted by Gasteiger charge is 2.33. The Morgan fingerprint density at radius 1 is 1.35 bits per heavy atom. The Bertz CT molecular complexity index is 470. The molecule has 0 aromatic heterocycles. The van der Waals surface area contributed by atoms with Crippen LogP contribution in [-0.2, 0) is 16.1 Å². The standard InChI is InChI=1S/C16H21NO3/c1-12(2)15-10-14(18)8-9-17(15)16(19)20-11-13-6-4-3-5-7-13/h3-7,12,15H,8-11H2,1-2H3. The first-order valence-electron chi connectivity index (χ1n) is 7.07. The van der Waals surface area contributed by atoms with Crippen LogP contribution in [0.5, 0.6) is 0 Å². The molecule has 20 heavy (non-hydrogen) atoms. The van der Waals surface area contributed by atoms with Crippen molar-refractivity contribution < 1.29 is 14.3 Å². The van der Waals surface area contributed by atoms with Gasteiger partial charge in [-0.1, -0.05) is 44.2 Å². The molecule has 4 heteroatoms. The lowest BCUT2D eigenvalue weighted by Gasteiger charge is -2.36. The Morgan fingerprint density at radius 2 is 2.05 bits per heavy atom. The lowest BCUT2D eigenvalue weighted by Crippen LogP contribution is -2.49. The van der Waals surface area contributed by atoms with Crippen molar-refractivity contribution in [2.75, 3.05) is 6.54 Å². The summed E-state index contributed by atoms with van der Waals surface area (Å²) in [6.07, 6.45) is 0.557. The maximum Gasteiger partial charge on any atom is 0.410 e. The van der Waals surface area contributed by atoms with E-state index in [2.05, 4.69) is 0 Å². The first-order chi connectivity index (χ1) is 9.58. The quantitative estimate of drug-likeness (QED) is 0.852. The molecule has 1 aliphatic heterocycles. The van der Waals surface area contributed by atoms with Crippen LogP contribution in [0, 0.1) is 5.92 Å². The Kier molecular flexibility index (Phi) is 4.77. The van der Waals surface area contributed by atoms with Gasteiger partial charge in [0.15, 0.2) is 0 Å². The summed E-state index contributed by atoms with van der Waals surface area (Å²) in [5.41, 5.74) is 0.968. The van der Waals surface area contributed by atoms with Crippen LogP contribution in [0.2, 0.25) is 0 Å². The van der Waals surface area contributed by atoms with E-state index in [1.165, 1.54) is 0 Å². The van der Waals surface area contributed by atoms with Crippen LogP contribution in [0.4, 0.5) is 4.79 Å². The number of carbonyl (C=O) groups excluding carboxylic acids is 2. The number of nitrogens with zero attached hydrogens (tertiary/aromatic N) is 1. The molecule has 0 aliphatic carbocycles. The largest absolute Gasteiger partial charge is 0.445 e. The Labute approximate surface area is 119 Å². The van der Waals surface area contributed by atoms with Gasteiger partial charge < -0.3 is 9.64 Å². The molecule has 2 rings (SSSR count). The van der Waals surface area contributed by atoms with Gasteiger partial charge in [0.05, 0.1) is 0 Å². The zero-order valence-corrected chi connectivity index (χ0v) is 12.0. The molecule has 0 bridgehead atoms. The SMILES string of the molecule is CC(C)C1CC(=O)CCN1C(=O)OCc1ccccc1. The molecule has 1 aromatic carbocycles. The summed E-state index contributed by atoms with van der Waals surface area (Å²) < 4.78 is 5.36. The molecular formula is C16H21NO3. The molecule has 1 heterocycles. The van der Waals surface area contributed by atoms with E-state index in [0.717, 1.165) is 5.56 Å². The zero-order valence-electron chi connectivity index (χ0n) is 12.0. The second kappa shape index (κ2) is 6.55. The minimum Gasteiger partial charge on any atom is -0.445 e. The highest BCUT2D eigenvalue weighted by Crippen LogP contribution is 2.22. The summed E-state index contributed by atoms with van der Waals surface area (Å²) in [5, 5.41) is 0. The molecule has 1 aliphatic rings. The molecule has 4 nitrogen and oxygen atoms in total.